The standard InChI is InChI=1S/C14H22N2S/c1-11-10-15-14(17-11)12(2)16-13-8-6-4-3-5-7-9-13/h6,8,10,12-13,16H,3-5,7,9H2,1-2H3/b8-6+. The molecule has 1 aliphatic carbocycles. The van der Waals surface area contributed by atoms with Crippen LogP contribution >= 0.6 is 11.3 Å². The van der Waals surface area contributed by atoms with Gasteiger partial charge in [0.1, 0.15) is 5.01 Å². The summed E-state index contributed by atoms with van der Waals surface area (Å²) in [5.74, 6) is 0. The number of hydrogen-bond donors (Lipinski definition) is 1. The molecule has 2 rings (SSSR count). The molecule has 1 aromatic rings. The van der Waals surface area contributed by atoms with Gasteiger partial charge in [-0.3, -0.25) is 0 Å². The molecular weight excluding hydrogens is 228 g/mol. The topological polar surface area (TPSA) is 24.9 Å². The van der Waals surface area contributed by atoms with E-state index in [1.165, 1.54) is 42.0 Å². The molecule has 0 bridgehead atoms. The maximum atomic E-state index is 4.46. The van der Waals surface area contributed by atoms with E-state index in [0.29, 0.717) is 12.1 Å². The Balaban J connectivity index is 1.92. The van der Waals surface area contributed by atoms with Crippen LogP contribution in [0.3, 0.4) is 0 Å². The SMILES string of the molecule is Cc1cnc(C(C)NC2/C=C/CCCCC2)s1. The molecule has 0 saturated carbocycles. The largest absolute Gasteiger partial charge is 0.302 e. The van der Waals surface area contributed by atoms with Crippen molar-refractivity contribution in [2.24, 2.45) is 0 Å². The van der Waals surface area contributed by atoms with Gasteiger partial charge in [-0.25, -0.2) is 4.98 Å². The molecule has 2 nitrogen and oxygen atoms in total. The van der Waals surface area contributed by atoms with Crippen LogP contribution in [-0.2, 0) is 0 Å². The zero-order valence-corrected chi connectivity index (χ0v) is 11.6. The number of thiazole rings is 1. The summed E-state index contributed by atoms with van der Waals surface area (Å²) in [7, 11) is 0. The Hall–Kier alpha value is -0.670. The second-order valence-electron chi connectivity index (χ2n) is 4.87. The van der Waals surface area contributed by atoms with Gasteiger partial charge in [0, 0.05) is 17.1 Å². The fourth-order valence-electron chi connectivity index (χ4n) is 2.26. The minimum atomic E-state index is 0.364. The zero-order valence-electron chi connectivity index (χ0n) is 10.8. The summed E-state index contributed by atoms with van der Waals surface area (Å²) < 4.78 is 0. The molecule has 1 aliphatic rings. The second kappa shape index (κ2) is 6.31. The molecule has 0 aromatic carbocycles. The van der Waals surface area contributed by atoms with Crippen LogP contribution in [0.5, 0.6) is 0 Å². The molecule has 94 valence electrons. The molecule has 1 N–H and O–H groups in total. The van der Waals surface area contributed by atoms with Gasteiger partial charge in [-0.2, -0.15) is 0 Å². The van der Waals surface area contributed by atoms with Crippen molar-refractivity contribution in [3.63, 3.8) is 0 Å². The lowest BCUT2D eigenvalue weighted by Crippen LogP contribution is -2.30. The van der Waals surface area contributed by atoms with Gasteiger partial charge in [0.25, 0.3) is 0 Å². The molecule has 0 fully saturated rings. The maximum absolute atomic E-state index is 4.46. The van der Waals surface area contributed by atoms with Gasteiger partial charge in [0.15, 0.2) is 0 Å². The molecule has 17 heavy (non-hydrogen) atoms. The summed E-state index contributed by atoms with van der Waals surface area (Å²) in [6, 6.07) is 0.886. The summed E-state index contributed by atoms with van der Waals surface area (Å²) >= 11 is 1.80. The predicted molar refractivity (Wildman–Crippen MR) is 74.4 cm³/mol. The van der Waals surface area contributed by atoms with Crippen LogP contribution in [0.15, 0.2) is 18.3 Å². The van der Waals surface area contributed by atoms with Crippen molar-refractivity contribution in [2.45, 2.75) is 58.0 Å². The van der Waals surface area contributed by atoms with Crippen LogP contribution in [0.2, 0.25) is 0 Å². The van der Waals surface area contributed by atoms with Crippen LogP contribution in [0.25, 0.3) is 0 Å². The molecule has 1 heterocycles. The number of aryl methyl sites for hydroxylation is 1. The smallest absolute Gasteiger partial charge is 0.109 e. The first kappa shape index (κ1) is 12.8. The molecule has 0 radical (unpaired) electrons. The number of hydrogen-bond acceptors (Lipinski definition) is 3. The monoisotopic (exact) mass is 250 g/mol. The zero-order chi connectivity index (χ0) is 12.1. The predicted octanol–water partition coefficient (Wildman–Crippen LogP) is 3.99. The van der Waals surface area contributed by atoms with E-state index in [4.69, 9.17) is 0 Å². The van der Waals surface area contributed by atoms with E-state index >= 15 is 0 Å². The highest BCUT2D eigenvalue weighted by Crippen LogP contribution is 2.21. The maximum Gasteiger partial charge on any atom is 0.109 e. The van der Waals surface area contributed by atoms with E-state index in [9.17, 15) is 0 Å². The summed E-state index contributed by atoms with van der Waals surface area (Å²) in [4.78, 5) is 5.75. The van der Waals surface area contributed by atoms with E-state index in [0.717, 1.165) is 0 Å². The van der Waals surface area contributed by atoms with E-state index in [1.54, 1.807) is 11.3 Å². The first-order valence-corrected chi connectivity index (χ1v) is 7.42. The average molecular weight is 250 g/mol. The van der Waals surface area contributed by atoms with Crippen molar-refractivity contribution in [3.8, 4) is 0 Å². The van der Waals surface area contributed by atoms with Crippen molar-refractivity contribution in [1.82, 2.24) is 10.3 Å². The molecule has 0 amide bonds. The fourth-order valence-corrected chi connectivity index (χ4v) is 3.05. The summed E-state index contributed by atoms with van der Waals surface area (Å²) in [6.45, 7) is 4.33. The minimum absolute atomic E-state index is 0.364. The molecule has 2 atom stereocenters. The Morgan fingerprint density at radius 1 is 1.41 bits per heavy atom. The lowest BCUT2D eigenvalue weighted by atomic mass is 10.0. The average Bonchev–Trinajstić information content (AvgIpc) is 2.68. The minimum Gasteiger partial charge on any atom is -0.302 e. The molecule has 2 unspecified atom stereocenters. The first-order chi connectivity index (χ1) is 8.25. The van der Waals surface area contributed by atoms with Crippen LogP contribution in [0, 0.1) is 6.92 Å². The summed E-state index contributed by atoms with van der Waals surface area (Å²) in [5, 5.41) is 4.88. The highest BCUT2D eigenvalue weighted by molar-refractivity contribution is 7.11. The lowest BCUT2D eigenvalue weighted by molar-refractivity contribution is 0.461. The third kappa shape index (κ3) is 3.93. The summed E-state index contributed by atoms with van der Waals surface area (Å²) in [6.07, 6.45) is 13.2. The van der Waals surface area contributed by atoms with Crippen molar-refractivity contribution >= 4 is 11.3 Å². The van der Waals surface area contributed by atoms with Gasteiger partial charge < -0.3 is 5.32 Å². The second-order valence-corrected chi connectivity index (χ2v) is 6.14. The Bertz CT molecular complexity index is 370. The molecule has 1 aromatic heterocycles. The van der Waals surface area contributed by atoms with Gasteiger partial charge in [-0.1, -0.05) is 25.0 Å². The van der Waals surface area contributed by atoms with Crippen molar-refractivity contribution in [1.29, 1.82) is 0 Å². The third-order valence-electron chi connectivity index (χ3n) is 3.23. The molecule has 0 saturated heterocycles. The normalized spacial score (nSPS) is 24.9. The van der Waals surface area contributed by atoms with Gasteiger partial charge in [0.05, 0.1) is 6.04 Å². The fraction of sp³-hybridized carbons (Fsp3) is 0.643. The number of aromatic nitrogens is 1. The number of allylic oxidation sites excluding steroid dienone is 1. The van der Waals surface area contributed by atoms with E-state index < -0.39 is 0 Å². The van der Waals surface area contributed by atoms with Crippen LogP contribution in [0.4, 0.5) is 0 Å². The van der Waals surface area contributed by atoms with Gasteiger partial charge in [-0.05, 0) is 33.1 Å². The van der Waals surface area contributed by atoms with Crippen molar-refractivity contribution in [2.75, 3.05) is 0 Å². The first-order valence-electron chi connectivity index (χ1n) is 6.61. The highest BCUT2D eigenvalue weighted by Gasteiger charge is 2.14. The van der Waals surface area contributed by atoms with E-state index in [-0.39, 0.29) is 0 Å². The summed E-state index contributed by atoms with van der Waals surface area (Å²) in [5.41, 5.74) is 0. The van der Waals surface area contributed by atoms with Gasteiger partial charge in [0.2, 0.25) is 0 Å². The molecule has 0 aliphatic heterocycles. The molecule has 3 heteroatoms. The van der Waals surface area contributed by atoms with Crippen molar-refractivity contribution in [3.05, 3.63) is 28.2 Å². The Kier molecular flexibility index (Phi) is 4.75. The van der Waals surface area contributed by atoms with Crippen molar-refractivity contribution < 1.29 is 0 Å². The quantitative estimate of drug-likeness (QED) is 0.820. The Labute approximate surface area is 108 Å². The van der Waals surface area contributed by atoms with E-state index in [2.05, 4.69) is 36.3 Å². The number of nitrogens with zero attached hydrogens (tertiary/aromatic N) is 1. The Morgan fingerprint density at radius 3 is 3.06 bits per heavy atom. The van der Waals surface area contributed by atoms with Gasteiger partial charge in [-0.15, -0.1) is 11.3 Å². The van der Waals surface area contributed by atoms with E-state index in [1.807, 2.05) is 6.20 Å². The molecule has 0 spiro atoms. The Morgan fingerprint density at radius 2 is 2.29 bits per heavy atom. The highest BCUT2D eigenvalue weighted by atomic mass is 32.1. The van der Waals surface area contributed by atoms with Gasteiger partial charge >= 0.3 is 0 Å². The third-order valence-corrected chi connectivity index (χ3v) is 4.32. The van der Waals surface area contributed by atoms with Crippen LogP contribution < -0.4 is 5.32 Å². The van der Waals surface area contributed by atoms with Crippen LogP contribution in [-0.4, -0.2) is 11.0 Å². The molecular formula is C14H22N2S. The number of nitrogens with one attached hydrogen (secondary N) is 1. The number of rotatable bonds is 3. The lowest BCUT2D eigenvalue weighted by Gasteiger charge is -2.20. The van der Waals surface area contributed by atoms with Crippen LogP contribution in [0.1, 0.15) is 55.0 Å².